The Balaban J connectivity index is 1.14. The van der Waals surface area contributed by atoms with Crippen LogP contribution in [-0.4, -0.2) is 86.0 Å². The summed E-state index contributed by atoms with van der Waals surface area (Å²) < 4.78 is 1.83. The van der Waals surface area contributed by atoms with Crippen LogP contribution in [0.3, 0.4) is 0 Å². The third kappa shape index (κ3) is 7.07. The second-order valence-electron chi connectivity index (χ2n) is 14.3. The molecule has 2 atom stereocenters. The number of fused-ring (bicyclic) bond motifs is 4. The fourth-order valence-electron chi connectivity index (χ4n) is 7.48. The molecular formula is C39H47N9O. The lowest BCUT2D eigenvalue weighted by Gasteiger charge is -2.36. The zero-order valence-electron chi connectivity index (χ0n) is 29.2. The lowest BCUT2D eigenvalue weighted by molar-refractivity contribution is -0.114. The van der Waals surface area contributed by atoms with Crippen LogP contribution in [0.15, 0.2) is 73.1 Å². The van der Waals surface area contributed by atoms with Gasteiger partial charge in [-0.05, 0) is 81.4 Å². The molecule has 2 bridgehead atoms. The smallest absolute Gasteiger partial charge is 0.229 e. The van der Waals surface area contributed by atoms with Gasteiger partial charge in [0.25, 0.3) is 0 Å². The summed E-state index contributed by atoms with van der Waals surface area (Å²) in [7, 11) is 6.24. The van der Waals surface area contributed by atoms with Crippen molar-refractivity contribution >= 4 is 34.1 Å². The normalized spacial score (nSPS) is 19.5. The molecule has 0 saturated carbocycles. The second-order valence-corrected chi connectivity index (χ2v) is 14.3. The van der Waals surface area contributed by atoms with E-state index in [-0.39, 0.29) is 11.7 Å². The van der Waals surface area contributed by atoms with Gasteiger partial charge >= 0.3 is 0 Å². The average Bonchev–Trinajstić information content (AvgIpc) is 3.58. The largest absolute Gasteiger partial charge is 0.351 e. The molecule has 5 heterocycles. The van der Waals surface area contributed by atoms with Crippen molar-refractivity contribution in [1.29, 1.82) is 0 Å². The van der Waals surface area contributed by atoms with Crippen molar-refractivity contribution in [2.45, 2.75) is 76.5 Å². The molecule has 0 spiro atoms. The van der Waals surface area contributed by atoms with Gasteiger partial charge in [0.2, 0.25) is 11.9 Å². The third-order valence-electron chi connectivity index (χ3n) is 10.1. The van der Waals surface area contributed by atoms with Crippen molar-refractivity contribution in [1.82, 2.24) is 34.4 Å². The predicted octanol–water partition coefficient (Wildman–Crippen LogP) is 6.34. The summed E-state index contributed by atoms with van der Waals surface area (Å²) in [5, 5.41) is 14.1. The highest BCUT2D eigenvalue weighted by molar-refractivity contribution is 5.97. The van der Waals surface area contributed by atoms with E-state index < -0.39 is 0 Å². The van der Waals surface area contributed by atoms with Gasteiger partial charge in [0.1, 0.15) is 0 Å². The van der Waals surface area contributed by atoms with E-state index >= 15 is 0 Å². The molecule has 2 aliphatic rings. The number of allylic oxidation sites excluding steroid dienone is 1. The average molecular weight is 658 g/mol. The number of anilines is 2. The molecule has 254 valence electrons. The van der Waals surface area contributed by atoms with E-state index in [0.29, 0.717) is 43.0 Å². The first-order valence-corrected chi connectivity index (χ1v) is 17.5. The molecule has 10 heteroatoms. The molecule has 7 rings (SSSR count). The van der Waals surface area contributed by atoms with Crippen molar-refractivity contribution in [2.24, 2.45) is 0 Å². The number of hydrogen-bond acceptors (Lipinski definition) is 9. The Morgan fingerprint density at radius 3 is 2.63 bits per heavy atom. The van der Waals surface area contributed by atoms with Gasteiger partial charge < -0.3 is 20.4 Å². The van der Waals surface area contributed by atoms with Crippen LogP contribution in [0.4, 0.5) is 11.9 Å². The molecule has 0 aliphatic carbocycles. The minimum absolute atomic E-state index is 0.0974. The van der Waals surface area contributed by atoms with Crippen molar-refractivity contribution < 1.29 is 4.79 Å². The first-order valence-electron chi connectivity index (χ1n) is 17.5. The standard InChI is InChI=1S/C39H47N9O/c1-25(2)35-24-42-48-37(35)44-38(43-29-21-30-13-14-31(22-29)47(30)5)45-39(48)41-23-28-9-6-7-11-33(28)36-34-15-12-26(19-27(34)16-17-40-36)20-32(49)10-8-18-46(3)4/h6-12,15-17,19,24-25,29-31H,13-14,18,20-23H2,1-5H3,(H2,41,43,44,45)/b10-8+. The Morgan fingerprint density at radius 2 is 1.86 bits per heavy atom. The molecule has 2 unspecified atom stereocenters. The maximum atomic E-state index is 12.6. The number of carbonyl (C=O) groups excluding carboxylic acids is 1. The van der Waals surface area contributed by atoms with Gasteiger partial charge in [-0.2, -0.15) is 19.6 Å². The summed E-state index contributed by atoms with van der Waals surface area (Å²) in [6.45, 7) is 5.62. The molecule has 0 radical (unpaired) electrons. The summed E-state index contributed by atoms with van der Waals surface area (Å²) in [6, 6.07) is 18.2. The van der Waals surface area contributed by atoms with Crippen molar-refractivity contribution in [3.05, 3.63) is 89.8 Å². The molecular weight excluding hydrogens is 610 g/mol. The minimum Gasteiger partial charge on any atom is -0.351 e. The summed E-state index contributed by atoms with van der Waals surface area (Å²) in [4.78, 5) is 32.0. The van der Waals surface area contributed by atoms with Gasteiger partial charge in [0.05, 0.1) is 11.9 Å². The number of hydrogen-bond donors (Lipinski definition) is 2. The highest BCUT2D eigenvalue weighted by Gasteiger charge is 2.38. The Labute approximate surface area is 288 Å². The van der Waals surface area contributed by atoms with E-state index in [1.807, 2.05) is 54.1 Å². The highest BCUT2D eigenvalue weighted by Crippen LogP contribution is 2.36. The number of nitrogens with zero attached hydrogens (tertiary/aromatic N) is 7. The maximum Gasteiger partial charge on any atom is 0.229 e. The quantitative estimate of drug-likeness (QED) is 0.149. The number of aromatic nitrogens is 5. The molecule has 2 saturated heterocycles. The van der Waals surface area contributed by atoms with Crippen LogP contribution < -0.4 is 10.6 Å². The maximum absolute atomic E-state index is 12.6. The zero-order valence-corrected chi connectivity index (χ0v) is 29.2. The monoisotopic (exact) mass is 657 g/mol. The number of rotatable bonds is 12. The van der Waals surface area contributed by atoms with Crippen LogP contribution >= 0.6 is 0 Å². The van der Waals surface area contributed by atoms with Gasteiger partial charge in [-0.25, -0.2) is 0 Å². The van der Waals surface area contributed by atoms with Gasteiger partial charge in [0, 0.05) is 60.3 Å². The Hall–Kier alpha value is -4.67. The lowest BCUT2D eigenvalue weighted by Crippen LogP contribution is -2.44. The van der Waals surface area contributed by atoms with Gasteiger partial charge in [-0.3, -0.25) is 9.78 Å². The van der Waals surface area contributed by atoms with E-state index in [2.05, 4.69) is 72.8 Å². The summed E-state index contributed by atoms with van der Waals surface area (Å²) >= 11 is 0. The summed E-state index contributed by atoms with van der Waals surface area (Å²) in [5.41, 5.74) is 5.97. The second kappa shape index (κ2) is 14.1. The predicted molar refractivity (Wildman–Crippen MR) is 197 cm³/mol. The number of benzene rings is 2. The van der Waals surface area contributed by atoms with E-state index in [0.717, 1.165) is 63.8 Å². The fourth-order valence-corrected chi connectivity index (χ4v) is 7.48. The van der Waals surface area contributed by atoms with E-state index in [1.165, 1.54) is 12.8 Å². The molecule has 3 aromatic heterocycles. The van der Waals surface area contributed by atoms with E-state index in [1.54, 1.807) is 6.08 Å². The molecule has 2 aliphatic heterocycles. The number of piperidine rings is 1. The lowest BCUT2D eigenvalue weighted by atomic mass is 9.97. The van der Waals surface area contributed by atoms with Gasteiger partial charge in [-0.15, -0.1) is 0 Å². The van der Waals surface area contributed by atoms with Crippen LogP contribution in [0.5, 0.6) is 0 Å². The SMILES string of the molecule is CC(C)c1cnn2c(NCc3ccccc3-c3nccc4cc(CC(=O)/C=C/CN(C)C)ccc34)nc(NC3CC4CCC(C3)N4C)nc12. The number of carbonyl (C=O) groups is 1. The molecule has 10 nitrogen and oxygen atoms in total. The summed E-state index contributed by atoms with van der Waals surface area (Å²) in [6.07, 6.45) is 12.5. The van der Waals surface area contributed by atoms with Crippen LogP contribution in [0, 0.1) is 0 Å². The van der Waals surface area contributed by atoms with Gasteiger partial charge in [0.15, 0.2) is 11.4 Å². The van der Waals surface area contributed by atoms with Crippen LogP contribution in [0.1, 0.15) is 62.1 Å². The summed E-state index contributed by atoms with van der Waals surface area (Å²) in [5.74, 6) is 1.69. The molecule has 2 fully saturated rings. The van der Waals surface area contributed by atoms with Crippen molar-refractivity contribution in [3.63, 3.8) is 0 Å². The van der Waals surface area contributed by atoms with E-state index in [4.69, 9.17) is 20.1 Å². The molecule has 2 N–H and O–H groups in total. The van der Waals surface area contributed by atoms with E-state index in [9.17, 15) is 4.79 Å². The third-order valence-corrected chi connectivity index (χ3v) is 10.1. The number of ketones is 1. The fraction of sp³-hybridized carbons (Fsp3) is 0.410. The minimum atomic E-state index is 0.0974. The van der Waals surface area contributed by atoms with Crippen LogP contribution in [-0.2, 0) is 17.8 Å². The molecule has 2 aromatic carbocycles. The Morgan fingerprint density at radius 1 is 1.06 bits per heavy atom. The number of likely N-dealkylation sites (N-methyl/N-ethyl adjacent to an activating group) is 1. The Kier molecular flexibility index (Phi) is 9.42. The molecule has 5 aromatic rings. The number of nitrogens with one attached hydrogen (secondary N) is 2. The van der Waals surface area contributed by atoms with Crippen LogP contribution in [0.25, 0.3) is 27.7 Å². The topological polar surface area (TPSA) is 104 Å². The van der Waals surface area contributed by atoms with Gasteiger partial charge in [-0.1, -0.05) is 62.4 Å². The van der Waals surface area contributed by atoms with Crippen molar-refractivity contribution in [2.75, 3.05) is 38.3 Å². The first kappa shape index (κ1) is 32.9. The number of pyridine rings is 1. The first-order chi connectivity index (χ1) is 23.7. The Bertz CT molecular complexity index is 1980. The highest BCUT2D eigenvalue weighted by atomic mass is 16.1. The van der Waals surface area contributed by atoms with Crippen molar-refractivity contribution in [3.8, 4) is 11.3 Å². The molecule has 0 amide bonds. The molecule has 49 heavy (non-hydrogen) atoms. The zero-order chi connectivity index (χ0) is 34.1. The van der Waals surface area contributed by atoms with Crippen LogP contribution in [0.2, 0.25) is 0 Å².